The Morgan fingerprint density at radius 2 is 2.21 bits per heavy atom. The summed E-state index contributed by atoms with van der Waals surface area (Å²) in [5.74, 6) is -1.30. The zero-order valence-electron chi connectivity index (χ0n) is 6.82. The van der Waals surface area contributed by atoms with Crippen molar-refractivity contribution in [3.63, 3.8) is 0 Å². The molecule has 0 aromatic heterocycles. The fraction of sp³-hybridized carbons (Fsp3) is 0.125. The smallest absolute Gasteiger partial charge is 0.305 e. The van der Waals surface area contributed by atoms with Crippen LogP contribution in [0.4, 0.5) is 10.1 Å². The van der Waals surface area contributed by atoms with Crippen LogP contribution in [0, 0.1) is 15.9 Å². The summed E-state index contributed by atoms with van der Waals surface area (Å²) < 4.78 is 17.8. The number of benzene rings is 1. The number of nitro benzene ring substituents is 1. The molecule has 0 saturated heterocycles. The van der Waals surface area contributed by atoms with Gasteiger partial charge in [0.05, 0.1) is 10.5 Å². The summed E-state index contributed by atoms with van der Waals surface area (Å²) in [6.07, 6.45) is 0. The van der Waals surface area contributed by atoms with Crippen LogP contribution >= 0.6 is 0 Å². The van der Waals surface area contributed by atoms with Crippen molar-refractivity contribution in [3.8, 4) is 5.75 Å². The van der Waals surface area contributed by atoms with Crippen molar-refractivity contribution in [2.24, 2.45) is 0 Å². The summed E-state index contributed by atoms with van der Waals surface area (Å²) >= 11 is 0. The molecule has 6 heteroatoms. The van der Waals surface area contributed by atoms with Crippen molar-refractivity contribution in [3.05, 3.63) is 33.6 Å². The highest BCUT2D eigenvalue weighted by Crippen LogP contribution is 2.31. The van der Waals surface area contributed by atoms with Gasteiger partial charge in [0.25, 0.3) is 0 Å². The molecule has 0 unspecified atom stereocenters. The number of fused-ring (bicyclic) bond motifs is 1. The summed E-state index contributed by atoms with van der Waals surface area (Å²) in [5, 5.41) is 10.3. The van der Waals surface area contributed by atoms with Crippen molar-refractivity contribution >= 4 is 11.5 Å². The second-order valence-electron chi connectivity index (χ2n) is 2.77. The molecule has 1 aromatic carbocycles. The lowest BCUT2D eigenvalue weighted by molar-refractivity contribution is -0.387. The standard InChI is InChI=1S/C8H4FNO4/c9-5-2-8-4(7(11)3-14-8)1-6(5)10(12)13/h1-2H,3H2. The lowest BCUT2D eigenvalue weighted by Gasteiger charge is -1.97. The Morgan fingerprint density at radius 1 is 1.50 bits per heavy atom. The Bertz CT molecular complexity index is 442. The van der Waals surface area contributed by atoms with Crippen LogP contribution in [0.1, 0.15) is 10.4 Å². The first-order chi connectivity index (χ1) is 6.59. The van der Waals surface area contributed by atoms with E-state index in [4.69, 9.17) is 4.74 Å². The van der Waals surface area contributed by atoms with E-state index >= 15 is 0 Å². The molecule has 1 aliphatic heterocycles. The molecule has 0 N–H and O–H groups in total. The SMILES string of the molecule is O=C1COc2cc(F)c([N+](=O)[O-])cc21. The van der Waals surface area contributed by atoms with Crippen LogP contribution in [0.15, 0.2) is 12.1 Å². The molecule has 0 spiro atoms. The third kappa shape index (κ3) is 1.12. The zero-order chi connectivity index (χ0) is 10.3. The molecular formula is C8H4FNO4. The van der Waals surface area contributed by atoms with E-state index in [1.54, 1.807) is 0 Å². The molecule has 1 heterocycles. The minimum Gasteiger partial charge on any atom is -0.485 e. The Kier molecular flexibility index (Phi) is 1.70. The third-order valence-corrected chi connectivity index (χ3v) is 1.90. The highest BCUT2D eigenvalue weighted by atomic mass is 19.1. The number of hydrogen-bond acceptors (Lipinski definition) is 4. The Morgan fingerprint density at radius 3 is 2.86 bits per heavy atom. The van der Waals surface area contributed by atoms with Gasteiger partial charge < -0.3 is 4.74 Å². The average Bonchev–Trinajstić information content (AvgIpc) is 2.46. The number of hydrogen-bond donors (Lipinski definition) is 0. The lowest BCUT2D eigenvalue weighted by atomic mass is 10.1. The maximum Gasteiger partial charge on any atom is 0.305 e. The number of carbonyl (C=O) groups excluding carboxylic acids is 1. The molecule has 72 valence electrons. The first-order valence-electron chi connectivity index (χ1n) is 3.73. The van der Waals surface area contributed by atoms with Gasteiger partial charge in [0.1, 0.15) is 5.75 Å². The van der Waals surface area contributed by atoms with Gasteiger partial charge in [-0.15, -0.1) is 0 Å². The van der Waals surface area contributed by atoms with Gasteiger partial charge in [-0.3, -0.25) is 14.9 Å². The molecule has 0 saturated carbocycles. The quantitative estimate of drug-likeness (QED) is 0.502. The molecule has 5 nitrogen and oxygen atoms in total. The van der Waals surface area contributed by atoms with Gasteiger partial charge in [0.15, 0.2) is 6.61 Å². The topological polar surface area (TPSA) is 69.4 Å². The van der Waals surface area contributed by atoms with Gasteiger partial charge in [-0.25, -0.2) is 0 Å². The minimum absolute atomic E-state index is 0.0677. The van der Waals surface area contributed by atoms with E-state index in [2.05, 4.69) is 0 Å². The van der Waals surface area contributed by atoms with E-state index < -0.39 is 16.4 Å². The second kappa shape index (κ2) is 2.76. The maximum absolute atomic E-state index is 13.0. The Hall–Kier alpha value is -1.98. The normalized spacial score (nSPS) is 13.6. The van der Waals surface area contributed by atoms with Gasteiger partial charge in [-0.2, -0.15) is 4.39 Å². The average molecular weight is 197 g/mol. The number of nitro groups is 1. The summed E-state index contributed by atoms with van der Waals surface area (Å²) in [6, 6.07) is 1.76. The monoisotopic (exact) mass is 197 g/mol. The fourth-order valence-electron chi connectivity index (χ4n) is 1.24. The van der Waals surface area contributed by atoms with Crippen LogP contribution in [0.2, 0.25) is 0 Å². The molecule has 0 amide bonds. The predicted octanol–water partition coefficient (Wildman–Crippen LogP) is 1.31. The lowest BCUT2D eigenvalue weighted by Crippen LogP contribution is -1.99. The van der Waals surface area contributed by atoms with Crippen LogP contribution in [-0.4, -0.2) is 17.3 Å². The van der Waals surface area contributed by atoms with Gasteiger partial charge in [-0.05, 0) is 0 Å². The van der Waals surface area contributed by atoms with E-state index in [9.17, 15) is 19.3 Å². The summed E-state index contributed by atoms with van der Waals surface area (Å²) in [7, 11) is 0. The van der Waals surface area contributed by atoms with E-state index in [0.717, 1.165) is 12.1 Å². The van der Waals surface area contributed by atoms with Crippen LogP contribution in [-0.2, 0) is 0 Å². The summed E-state index contributed by atoms with van der Waals surface area (Å²) in [6.45, 7) is -0.185. The van der Waals surface area contributed by atoms with Crippen molar-refractivity contribution < 1.29 is 18.8 Å². The number of rotatable bonds is 1. The molecular weight excluding hydrogens is 193 g/mol. The molecule has 0 bridgehead atoms. The van der Waals surface area contributed by atoms with Gasteiger partial charge in [0, 0.05) is 12.1 Å². The van der Waals surface area contributed by atoms with Crippen molar-refractivity contribution in [2.45, 2.75) is 0 Å². The number of ketones is 1. The Balaban J connectivity index is 2.62. The number of ether oxygens (including phenoxy) is 1. The third-order valence-electron chi connectivity index (χ3n) is 1.90. The van der Waals surface area contributed by atoms with Crippen molar-refractivity contribution in [2.75, 3.05) is 6.61 Å². The van der Waals surface area contributed by atoms with E-state index in [1.165, 1.54) is 0 Å². The van der Waals surface area contributed by atoms with Crippen LogP contribution in [0.3, 0.4) is 0 Å². The number of Topliss-reactive ketones (excluding diaryl/α,β-unsaturated/α-hetero) is 1. The second-order valence-corrected chi connectivity index (χ2v) is 2.77. The number of nitrogens with zero attached hydrogens (tertiary/aromatic N) is 1. The maximum atomic E-state index is 13.0. The van der Waals surface area contributed by atoms with Crippen LogP contribution < -0.4 is 4.74 Å². The highest BCUT2D eigenvalue weighted by Gasteiger charge is 2.27. The van der Waals surface area contributed by atoms with Crippen molar-refractivity contribution in [1.82, 2.24) is 0 Å². The molecule has 14 heavy (non-hydrogen) atoms. The largest absolute Gasteiger partial charge is 0.485 e. The van der Waals surface area contributed by atoms with Crippen LogP contribution in [0.25, 0.3) is 0 Å². The first kappa shape index (κ1) is 8.61. The number of carbonyl (C=O) groups is 1. The highest BCUT2D eigenvalue weighted by molar-refractivity contribution is 6.02. The zero-order valence-corrected chi connectivity index (χ0v) is 6.82. The molecule has 0 fully saturated rings. The van der Waals surface area contributed by atoms with Gasteiger partial charge in [0.2, 0.25) is 11.6 Å². The van der Waals surface area contributed by atoms with Crippen molar-refractivity contribution in [1.29, 1.82) is 0 Å². The molecule has 0 radical (unpaired) electrons. The van der Waals surface area contributed by atoms with E-state index in [1.807, 2.05) is 0 Å². The first-order valence-corrected chi connectivity index (χ1v) is 3.73. The molecule has 0 aliphatic carbocycles. The molecule has 2 rings (SSSR count). The van der Waals surface area contributed by atoms with E-state index in [-0.39, 0.29) is 23.7 Å². The summed E-state index contributed by atoms with van der Waals surface area (Å²) in [4.78, 5) is 20.5. The van der Waals surface area contributed by atoms with Gasteiger partial charge in [-0.1, -0.05) is 0 Å². The van der Waals surface area contributed by atoms with E-state index in [0.29, 0.717) is 0 Å². The summed E-state index contributed by atoms with van der Waals surface area (Å²) in [5.41, 5.74) is -0.638. The fourth-order valence-corrected chi connectivity index (χ4v) is 1.24. The molecule has 1 aliphatic rings. The predicted molar refractivity (Wildman–Crippen MR) is 42.9 cm³/mol. The minimum atomic E-state index is -0.997. The number of halogens is 1. The molecule has 1 aromatic rings. The van der Waals surface area contributed by atoms with Gasteiger partial charge >= 0.3 is 5.69 Å². The Labute approximate surface area is 77.2 Å². The van der Waals surface area contributed by atoms with Crippen LogP contribution in [0.5, 0.6) is 5.75 Å². The molecule has 0 atom stereocenters.